The van der Waals surface area contributed by atoms with E-state index in [4.69, 9.17) is 10.9 Å². The van der Waals surface area contributed by atoms with Crippen molar-refractivity contribution in [1.29, 1.82) is 0 Å². The van der Waals surface area contributed by atoms with Crippen molar-refractivity contribution in [2.75, 3.05) is 0 Å². The molecule has 0 aromatic rings. The number of aliphatic hydroxyl groups excluding tert-OH is 1. The van der Waals surface area contributed by atoms with Crippen LogP contribution in [0.1, 0.15) is 19.3 Å². The van der Waals surface area contributed by atoms with E-state index in [0.29, 0.717) is 6.42 Å². The fourth-order valence-corrected chi connectivity index (χ4v) is 1.31. The lowest BCUT2D eigenvalue weighted by atomic mass is 9.91. The summed E-state index contributed by atoms with van der Waals surface area (Å²) in [7, 11) is 0. The lowest BCUT2D eigenvalue weighted by molar-refractivity contribution is 0.0167. The maximum atomic E-state index is 12.7. The number of nitrogens with two attached hydrogens (primary N) is 1. The van der Waals surface area contributed by atoms with E-state index in [9.17, 15) is 4.39 Å². The average Bonchev–Trinajstić information content (AvgIpc) is 1.95. The van der Waals surface area contributed by atoms with Crippen molar-refractivity contribution in [3.63, 3.8) is 0 Å². The lowest BCUT2D eigenvalue weighted by Gasteiger charge is -2.29. The Labute approximate surface area is 59.4 Å². The fourth-order valence-electron chi connectivity index (χ4n) is 1.31. The molecule has 0 aromatic heterocycles. The molecule has 4 N–H and O–H groups in total. The van der Waals surface area contributed by atoms with Gasteiger partial charge >= 0.3 is 0 Å². The van der Waals surface area contributed by atoms with Gasteiger partial charge in [0.15, 0.2) is 0 Å². The molecule has 0 aliphatic heterocycles. The number of nitrogens with one attached hydrogen (secondary N) is 1. The Balaban J connectivity index is 2.42. The summed E-state index contributed by atoms with van der Waals surface area (Å²) in [5.41, 5.74) is 2.39. The highest BCUT2D eigenvalue weighted by Crippen LogP contribution is 2.20. The van der Waals surface area contributed by atoms with Gasteiger partial charge in [-0.3, -0.25) is 11.3 Å². The molecule has 3 nitrogen and oxygen atoms in total. The van der Waals surface area contributed by atoms with Crippen LogP contribution in [0.4, 0.5) is 4.39 Å². The molecule has 1 aliphatic carbocycles. The second kappa shape index (κ2) is 3.27. The summed E-state index contributed by atoms with van der Waals surface area (Å²) >= 11 is 0. The van der Waals surface area contributed by atoms with E-state index in [1.807, 2.05) is 0 Å². The highest BCUT2D eigenvalue weighted by molar-refractivity contribution is 4.84. The van der Waals surface area contributed by atoms with Crippen LogP contribution >= 0.6 is 0 Å². The van der Waals surface area contributed by atoms with E-state index in [1.165, 1.54) is 0 Å². The smallest absolute Gasteiger partial charge is 0.127 e. The Hall–Kier alpha value is -0.190. The van der Waals surface area contributed by atoms with Crippen molar-refractivity contribution in [3.05, 3.63) is 0 Å². The Bertz CT molecular complexity index is 112. The number of aliphatic hydroxyl groups is 1. The van der Waals surface area contributed by atoms with Crippen LogP contribution in [0, 0.1) is 0 Å². The predicted molar refractivity (Wildman–Crippen MR) is 35.9 cm³/mol. The second-order valence-corrected chi connectivity index (χ2v) is 2.71. The zero-order valence-corrected chi connectivity index (χ0v) is 5.76. The number of rotatable bonds is 1. The Morgan fingerprint density at radius 3 is 2.70 bits per heavy atom. The first-order chi connectivity index (χ1) is 4.75. The molecule has 1 saturated carbocycles. The summed E-state index contributed by atoms with van der Waals surface area (Å²) in [5.74, 6) is 5.08. The molecule has 0 aromatic carbocycles. The third kappa shape index (κ3) is 1.45. The van der Waals surface area contributed by atoms with Crippen LogP contribution in [-0.4, -0.2) is 23.4 Å². The molecule has 4 heteroatoms. The van der Waals surface area contributed by atoms with Gasteiger partial charge in [-0.2, -0.15) is 0 Å². The highest BCUT2D eigenvalue weighted by Gasteiger charge is 2.30. The van der Waals surface area contributed by atoms with Crippen molar-refractivity contribution in [3.8, 4) is 0 Å². The minimum Gasteiger partial charge on any atom is -0.388 e. The summed E-state index contributed by atoms with van der Waals surface area (Å²) in [6, 6.07) is -0.260. The van der Waals surface area contributed by atoms with Crippen LogP contribution < -0.4 is 11.3 Å². The standard InChI is InChI=1S/C6H13FN2O/c7-4-2-1-3-5(9-8)6(4)10/h4-6,9-10H,1-3,8H2/t4-,5-,6+/m1/s1. The second-order valence-electron chi connectivity index (χ2n) is 2.71. The topological polar surface area (TPSA) is 58.3 Å². The Morgan fingerprint density at radius 1 is 1.50 bits per heavy atom. The molecule has 1 rings (SSSR count). The molecule has 1 aliphatic rings. The Morgan fingerprint density at radius 2 is 2.20 bits per heavy atom. The van der Waals surface area contributed by atoms with Crippen LogP contribution in [-0.2, 0) is 0 Å². The molecule has 0 saturated heterocycles. The van der Waals surface area contributed by atoms with Gasteiger partial charge < -0.3 is 5.11 Å². The molecule has 0 unspecified atom stereocenters. The summed E-state index contributed by atoms with van der Waals surface area (Å²) in [4.78, 5) is 0. The molecule has 0 amide bonds. The van der Waals surface area contributed by atoms with Gasteiger partial charge in [0.05, 0.1) is 0 Å². The average molecular weight is 148 g/mol. The first-order valence-electron chi connectivity index (χ1n) is 3.54. The lowest BCUT2D eigenvalue weighted by Crippen LogP contribution is -2.50. The molecule has 0 heterocycles. The number of halogens is 1. The van der Waals surface area contributed by atoms with Crippen molar-refractivity contribution < 1.29 is 9.50 Å². The van der Waals surface area contributed by atoms with Crippen LogP contribution in [0.25, 0.3) is 0 Å². The summed E-state index contributed by atoms with van der Waals surface area (Å²) in [5, 5.41) is 9.12. The van der Waals surface area contributed by atoms with E-state index in [0.717, 1.165) is 12.8 Å². The molecular weight excluding hydrogens is 135 g/mol. The van der Waals surface area contributed by atoms with Gasteiger partial charge in [0.2, 0.25) is 0 Å². The molecule has 3 atom stereocenters. The molecular formula is C6H13FN2O. The molecule has 60 valence electrons. The number of hydrogen-bond acceptors (Lipinski definition) is 3. The van der Waals surface area contributed by atoms with E-state index in [1.54, 1.807) is 0 Å². The van der Waals surface area contributed by atoms with Crippen LogP contribution in [0.15, 0.2) is 0 Å². The molecule has 0 radical (unpaired) electrons. The number of hydrogen-bond donors (Lipinski definition) is 3. The summed E-state index contributed by atoms with van der Waals surface area (Å²) in [6.07, 6.45) is -0.00148. The molecule has 10 heavy (non-hydrogen) atoms. The monoisotopic (exact) mass is 148 g/mol. The van der Waals surface area contributed by atoms with Gasteiger partial charge in [-0.25, -0.2) is 4.39 Å². The van der Waals surface area contributed by atoms with E-state index in [-0.39, 0.29) is 6.04 Å². The van der Waals surface area contributed by atoms with Gasteiger partial charge in [-0.05, 0) is 19.3 Å². The van der Waals surface area contributed by atoms with Gasteiger partial charge in [0, 0.05) is 6.04 Å². The maximum Gasteiger partial charge on any atom is 0.127 e. The van der Waals surface area contributed by atoms with Gasteiger partial charge in [0.25, 0.3) is 0 Å². The van der Waals surface area contributed by atoms with Gasteiger partial charge in [-0.15, -0.1) is 0 Å². The zero-order valence-electron chi connectivity index (χ0n) is 5.76. The molecule has 0 spiro atoms. The summed E-state index contributed by atoms with van der Waals surface area (Å²) in [6.45, 7) is 0. The zero-order chi connectivity index (χ0) is 7.56. The van der Waals surface area contributed by atoms with Crippen LogP contribution in [0.3, 0.4) is 0 Å². The van der Waals surface area contributed by atoms with E-state index < -0.39 is 12.3 Å². The normalized spacial score (nSPS) is 41.7. The quantitative estimate of drug-likeness (QED) is 0.353. The van der Waals surface area contributed by atoms with Crippen molar-refractivity contribution in [2.45, 2.75) is 37.6 Å². The van der Waals surface area contributed by atoms with Crippen molar-refractivity contribution >= 4 is 0 Å². The first kappa shape index (κ1) is 7.91. The predicted octanol–water partition coefficient (Wildman–Crippen LogP) is -0.299. The number of alkyl halides is 1. The van der Waals surface area contributed by atoms with Crippen molar-refractivity contribution in [1.82, 2.24) is 5.43 Å². The minimum absolute atomic E-state index is 0.260. The maximum absolute atomic E-state index is 12.7. The molecule has 0 bridgehead atoms. The third-order valence-corrected chi connectivity index (χ3v) is 1.99. The SMILES string of the molecule is NN[C@@H]1CCC[C@@H](F)[C@@H]1O. The molecule has 1 fully saturated rings. The van der Waals surface area contributed by atoms with E-state index >= 15 is 0 Å². The fraction of sp³-hybridized carbons (Fsp3) is 1.00. The summed E-state index contributed by atoms with van der Waals surface area (Å²) < 4.78 is 12.7. The largest absolute Gasteiger partial charge is 0.388 e. The minimum atomic E-state index is -1.10. The number of hydrazine groups is 1. The highest BCUT2D eigenvalue weighted by atomic mass is 19.1. The van der Waals surface area contributed by atoms with E-state index in [2.05, 4.69) is 5.43 Å². The van der Waals surface area contributed by atoms with Crippen LogP contribution in [0.5, 0.6) is 0 Å². The first-order valence-corrected chi connectivity index (χ1v) is 3.54. The third-order valence-electron chi connectivity index (χ3n) is 1.99. The van der Waals surface area contributed by atoms with Gasteiger partial charge in [0.1, 0.15) is 12.3 Å². The van der Waals surface area contributed by atoms with Crippen molar-refractivity contribution in [2.24, 2.45) is 5.84 Å². The van der Waals surface area contributed by atoms with Gasteiger partial charge in [-0.1, -0.05) is 0 Å². The Kier molecular flexibility index (Phi) is 2.59. The van der Waals surface area contributed by atoms with Crippen LogP contribution in [0.2, 0.25) is 0 Å².